The van der Waals surface area contributed by atoms with E-state index < -0.39 is 11.7 Å². The lowest BCUT2D eigenvalue weighted by Gasteiger charge is -2.32. The molecule has 0 spiro atoms. The molecule has 1 aliphatic rings. The zero-order valence-electron chi connectivity index (χ0n) is 11.9. The van der Waals surface area contributed by atoms with Crippen LogP contribution >= 0.6 is 0 Å². The molecule has 1 aromatic carbocycles. The van der Waals surface area contributed by atoms with E-state index in [1.54, 1.807) is 6.92 Å². The highest BCUT2D eigenvalue weighted by molar-refractivity contribution is 5.38. The van der Waals surface area contributed by atoms with Crippen molar-refractivity contribution >= 4 is 0 Å². The average Bonchev–Trinajstić information content (AvgIpc) is 2.38. The molecular weight excluding hydrogens is 240 g/mol. The zero-order chi connectivity index (χ0) is 13.9. The second kappa shape index (κ2) is 5.93. The summed E-state index contributed by atoms with van der Waals surface area (Å²) in [6.07, 6.45) is 4.39. The summed E-state index contributed by atoms with van der Waals surface area (Å²) in [7, 11) is 0. The molecule has 0 radical (unpaired) electrons. The number of benzene rings is 1. The SMILES string of the molecule is Cc1ccc(OCC2(O)CCCCC2)c([C@H](C)O)c1. The third kappa shape index (κ3) is 3.71. The fourth-order valence-corrected chi connectivity index (χ4v) is 2.69. The van der Waals surface area contributed by atoms with E-state index in [1.165, 1.54) is 6.42 Å². The molecule has 1 aromatic rings. The molecule has 2 N–H and O–H groups in total. The summed E-state index contributed by atoms with van der Waals surface area (Å²) in [5.41, 5.74) is 1.19. The topological polar surface area (TPSA) is 49.7 Å². The first kappa shape index (κ1) is 14.4. The largest absolute Gasteiger partial charge is 0.490 e. The Hall–Kier alpha value is -1.06. The van der Waals surface area contributed by atoms with Crippen LogP contribution < -0.4 is 4.74 Å². The van der Waals surface area contributed by atoms with Crippen LogP contribution in [-0.2, 0) is 0 Å². The summed E-state index contributed by atoms with van der Waals surface area (Å²) in [6.45, 7) is 4.04. The minimum atomic E-state index is -0.695. The average molecular weight is 264 g/mol. The van der Waals surface area contributed by atoms with Gasteiger partial charge in [-0.25, -0.2) is 0 Å². The quantitative estimate of drug-likeness (QED) is 0.878. The van der Waals surface area contributed by atoms with Gasteiger partial charge >= 0.3 is 0 Å². The standard InChI is InChI=1S/C16H24O3/c1-12-6-7-15(14(10-12)13(2)17)19-11-16(18)8-4-3-5-9-16/h6-7,10,13,17-18H,3-5,8-9,11H2,1-2H3/t13-/m0/s1. The molecule has 0 amide bonds. The number of aliphatic hydroxyl groups excluding tert-OH is 1. The Balaban J connectivity index is 2.06. The lowest BCUT2D eigenvalue weighted by molar-refractivity contribution is -0.0345. The Bertz CT molecular complexity index is 420. The molecule has 1 fully saturated rings. The Morgan fingerprint density at radius 1 is 1.26 bits per heavy atom. The van der Waals surface area contributed by atoms with Crippen molar-refractivity contribution in [1.82, 2.24) is 0 Å². The molecule has 2 rings (SSSR count). The Morgan fingerprint density at radius 2 is 1.95 bits per heavy atom. The van der Waals surface area contributed by atoms with E-state index in [0.717, 1.165) is 36.8 Å². The van der Waals surface area contributed by atoms with E-state index >= 15 is 0 Å². The first-order valence-electron chi connectivity index (χ1n) is 7.14. The molecule has 1 aliphatic carbocycles. The van der Waals surface area contributed by atoms with Crippen LogP contribution in [0.5, 0.6) is 5.75 Å². The Kier molecular flexibility index (Phi) is 4.48. The molecule has 3 heteroatoms. The first-order chi connectivity index (χ1) is 9.00. The van der Waals surface area contributed by atoms with E-state index in [2.05, 4.69) is 0 Å². The van der Waals surface area contributed by atoms with Gasteiger partial charge in [-0.2, -0.15) is 0 Å². The van der Waals surface area contributed by atoms with Crippen LogP contribution in [0.1, 0.15) is 56.3 Å². The van der Waals surface area contributed by atoms with E-state index in [0.29, 0.717) is 12.4 Å². The van der Waals surface area contributed by atoms with Crippen molar-refractivity contribution in [3.63, 3.8) is 0 Å². The zero-order valence-corrected chi connectivity index (χ0v) is 11.9. The Morgan fingerprint density at radius 3 is 2.58 bits per heavy atom. The number of aliphatic hydroxyl groups is 2. The molecule has 0 saturated heterocycles. The maximum atomic E-state index is 10.4. The Labute approximate surface area is 115 Å². The van der Waals surface area contributed by atoms with Gasteiger partial charge in [0.1, 0.15) is 12.4 Å². The minimum Gasteiger partial charge on any atom is -0.490 e. The monoisotopic (exact) mass is 264 g/mol. The van der Waals surface area contributed by atoms with Gasteiger partial charge in [-0.3, -0.25) is 0 Å². The molecule has 0 unspecified atom stereocenters. The summed E-state index contributed by atoms with van der Waals surface area (Å²) in [6, 6.07) is 5.78. The van der Waals surface area contributed by atoms with Gasteiger partial charge in [-0.1, -0.05) is 30.9 Å². The van der Waals surface area contributed by atoms with E-state index in [9.17, 15) is 10.2 Å². The van der Waals surface area contributed by atoms with Crippen molar-refractivity contribution in [2.75, 3.05) is 6.61 Å². The van der Waals surface area contributed by atoms with Gasteiger partial charge in [-0.05, 0) is 38.8 Å². The summed E-state index contributed by atoms with van der Waals surface area (Å²) in [5.74, 6) is 0.680. The normalized spacial score (nSPS) is 20.0. The molecule has 1 atom stereocenters. The van der Waals surface area contributed by atoms with Crippen LogP contribution in [0.25, 0.3) is 0 Å². The van der Waals surface area contributed by atoms with Crippen LogP contribution in [-0.4, -0.2) is 22.4 Å². The van der Waals surface area contributed by atoms with Crippen LogP contribution in [0, 0.1) is 6.92 Å². The molecule has 0 bridgehead atoms. The third-order valence-electron chi connectivity index (χ3n) is 3.90. The van der Waals surface area contributed by atoms with Crippen molar-refractivity contribution < 1.29 is 14.9 Å². The van der Waals surface area contributed by atoms with Gasteiger partial charge in [0.2, 0.25) is 0 Å². The molecule has 19 heavy (non-hydrogen) atoms. The lowest BCUT2D eigenvalue weighted by atomic mass is 9.85. The maximum absolute atomic E-state index is 10.4. The highest BCUT2D eigenvalue weighted by Gasteiger charge is 2.30. The second-order valence-electron chi connectivity index (χ2n) is 5.79. The van der Waals surface area contributed by atoms with Crippen molar-refractivity contribution in [3.8, 4) is 5.75 Å². The summed E-state index contributed by atoms with van der Waals surface area (Å²) >= 11 is 0. The highest BCUT2D eigenvalue weighted by atomic mass is 16.5. The van der Waals surface area contributed by atoms with Crippen molar-refractivity contribution in [3.05, 3.63) is 29.3 Å². The highest BCUT2D eigenvalue weighted by Crippen LogP contribution is 2.31. The van der Waals surface area contributed by atoms with Crippen molar-refractivity contribution in [1.29, 1.82) is 0 Å². The van der Waals surface area contributed by atoms with Crippen LogP contribution in [0.4, 0.5) is 0 Å². The fraction of sp³-hybridized carbons (Fsp3) is 0.625. The molecule has 0 aliphatic heterocycles. The number of aryl methyl sites for hydroxylation is 1. The van der Waals surface area contributed by atoms with E-state index in [-0.39, 0.29) is 0 Å². The van der Waals surface area contributed by atoms with Gasteiger partial charge in [0.25, 0.3) is 0 Å². The summed E-state index contributed by atoms with van der Waals surface area (Å²) in [5, 5.41) is 20.2. The molecule has 0 aromatic heterocycles. The van der Waals surface area contributed by atoms with Gasteiger partial charge < -0.3 is 14.9 Å². The van der Waals surface area contributed by atoms with Crippen LogP contribution in [0.2, 0.25) is 0 Å². The number of ether oxygens (including phenoxy) is 1. The van der Waals surface area contributed by atoms with Gasteiger partial charge in [0.15, 0.2) is 0 Å². The van der Waals surface area contributed by atoms with Crippen LogP contribution in [0.15, 0.2) is 18.2 Å². The van der Waals surface area contributed by atoms with Crippen molar-refractivity contribution in [2.24, 2.45) is 0 Å². The maximum Gasteiger partial charge on any atom is 0.125 e. The van der Waals surface area contributed by atoms with E-state index in [1.807, 2.05) is 25.1 Å². The van der Waals surface area contributed by atoms with Gasteiger partial charge in [0.05, 0.1) is 11.7 Å². The number of hydrogen-bond acceptors (Lipinski definition) is 3. The third-order valence-corrected chi connectivity index (χ3v) is 3.90. The predicted molar refractivity (Wildman–Crippen MR) is 75.3 cm³/mol. The lowest BCUT2D eigenvalue weighted by Crippen LogP contribution is -2.38. The predicted octanol–water partition coefficient (Wildman–Crippen LogP) is 3.12. The van der Waals surface area contributed by atoms with E-state index in [4.69, 9.17) is 4.74 Å². The molecular formula is C16H24O3. The fourth-order valence-electron chi connectivity index (χ4n) is 2.69. The first-order valence-corrected chi connectivity index (χ1v) is 7.14. The van der Waals surface area contributed by atoms with Gasteiger partial charge in [0, 0.05) is 5.56 Å². The van der Waals surface area contributed by atoms with Crippen molar-refractivity contribution in [2.45, 2.75) is 57.7 Å². The molecule has 1 saturated carbocycles. The number of rotatable bonds is 4. The van der Waals surface area contributed by atoms with Crippen LogP contribution in [0.3, 0.4) is 0 Å². The smallest absolute Gasteiger partial charge is 0.125 e. The number of hydrogen-bond donors (Lipinski definition) is 2. The summed E-state index contributed by atoms with van der Waals surface area (Å²) in [4.78, 5) is 0. The van der Waals surface area contributed by atoms with Gasteiger partial charge in [-0.15, -0.1) is 0 Å². The molecule has 106 valence electrons. The second-order valence-corrected chi connectivity index (χ2v) is 5.79. The molecule has 0 heterocycles. The minimum absolute atomic E-state index is 0.315. The molecule has 3 nitrogen and oxygen atoms in total. The summed E-state index contributed by atoms with van der Waals surface area (Å²) < 4.78 is 5.79.